The number of carbonyl (C=O) groups is 1. The highest BCUT2D eigenvalue weighted by molar-refractivity contribution is 7.08. The number of hydrogen-bond donors (Lipinski definition) is 0. The molecule has 2 aromatic carbocycles. The number of hydrazone groups is 1. The second kappa shape index (κ2) is 7.55. The number of thiophene rings is 1. The van der Waals surface area contributed by atoms with E-state index in [4.69, 9.17) is 16.3 Å². The molecule has 0 N–H and O–H groups in total. The van der Waals surface area contributed by atoms with Gasteiger partial charge in [-0.05, 0) is 41.1 Å². The minimum Gasteiger partial charge on any atom is -0.496 e. The van der Waals surface area contributed by atoms with Crippen LogP contribution in [0.4, 0.5) is 0 Å². The largest absolute Gasteiger partial charge is 0.496 e. The molecule has 0 saturated carbocycles. The quantitative estimate of drug-likeness (QED) is 0.592. The van der Waals surface area contributed by atoms with Gasteiger partial charge in [0.05, 0.1) is 18.9 Å². The van der Waals surface area contributed by atoms with Crippen LogP contribution < -0.4 is 4.74 Å². The Bertz CT molecular complexity index is 1000. The van der Waals surface area contributed by atoms with Crippen molar-refractivity contribution in [1.82, 2.24) is 5.01 Å². The van der Waals surface area contributed by atoms with E-state index in [0.717, 1.165) is 22.6 Å². The molecule has 1 atom stereocenters. The average Bonchev–Trinajstić information content (AvgIpc) is 3.37. The van der Waals surface area contributed by atoms with Crippen LogP contribution in [0.3, 0.4) is 0 Å². The molecule has 6 heteroatoms. The number of para-hydroxylation sites is 1. The molecule has 1 amide bonds. The van der Waals surface area contributed by atoms with Crippen LogP contribution >= 0.6 is 22.9 Å². The Balaban J connectivity index is 1.76. The van der Waals surface area contributed by atoms with Gasteiger partial charge in [0.1, 0.15) is 5.75 Å². The second-order valence-corrected chi connectivity index (χ2v) is 7.40. The van der Waals surface area contributed by atoms with E-state index in [-0.39, 0.29) is 11.9 Å². The Labute approximate surface area is 166 Å². The lowest BCUT2D eigenvalue weighted by molar-refractivity contribution is 0.0709. The summed E-state index contributed by atoms with van der Waals surface area (Å²) < 4.78 is 5.53. The highest BCUT2D eigenvalue weighted by Gasteiger charge is 2.35. The number of methoxy groups -OCH3 is 1. The number of rotatable bonds is 4. The third-order valence-electron chi connectivity index (χ3n) is 4.54. The topological polar surface area (TPSA) is 41.9 Å². The maximum atomic E-state index is 13.2. The Hall–Kier alpha value is -2.63. The van der Waals surface area contributed by atoms with Gasteiger partial charge in [0.25, 0.3) is 5.91 Å². The molecule has 1 aromatic heterocycles. The van der Waals surface area contributed by atoms with Gasteiger partial charge < -0.3 is 4.74 Å². The number of hydrogen-bond acceptors (Lipinski definition) is 4. The molecule has 0 bridgehead atoms. The van der Waals surface area contributed by atoms with Gasteiger partial charge in [-0.3, -0.25) is 4.79 Å². The summed E-state index contributed by atoms with van der Waals surface area (Å²) in [4.78, 5) is 13.2. The molecule has 0 fully saturated rings. The van der Waals surface area contributed by atoms with E-state index in [1.54, 1.807) is 47.7 Å². The summed E-state index contributed by atoms with van der Waals surface area (Å²) in [5.74, 6) is 0.562. The van der Waals surface area contributed by atoms with Crippen LogP contribution in [0, 0.1) is 0 Å². The van der Waals surface area contributed by atoms with E-state index in [9.17, 15) is 4.79 Å². The first kappa shape index (κ1) is 17.8. The SMILES string of the molecule is COc1ccccc1C1CC(c2ccsc2)=NN1C(=O)c1cccc(Cl)c1. The molecule has 1 unspecified atom stereocenters. The van der Waals surface area contributed by atoms with Gasteiger partial charge >= 0.3 is 0 Å². The number of benzene rings is 2. The molecule has 1 aliphatic heterocycles. The molecule has 4 nitrogen and oxygen atoms in total. The molecular weight excluding hydrogens is 380 g/mol. The number of ether oxygens (including phenoxy) is 1. The predicted octanol–water partition coefficient (Wildman–Crippen LogP) is 5.40. The highest BCUT2D eigenvalue weighted by atomic mass is 35.5. The number of amides is 1. The summed E-state index contributed by atoms with van der Waals surface area (Å²) in [5, 5.41) is 10.8. The van der Waals surface area contributed by atoms with Crippen LogP contribution in [0.25, 0.3) is 0 Å². The summed E-state index contributed by atoms with van der Waals surface area (Å²) in [6, 6.07) is 16.5. The first-order valence-electron chi connectivity index (χ1n) is 8.49. The maximum absolute atomic E-state index is 13.2. The molecule has 1 aliphatic rings. The Morgan fingerprint density at radius 3 is 2.81 bits per heavy atom. The normalized spacial score (nSPS) is 16.3. The van der Waals surface area contributed by atoms with Crippen LogP contribution in [-0.2, 0) is 0 Å². The monoisotopic (exact) mass is 396 g/mol. The van der Waals surface area contributed by atoms with Crippen molar-refractivity contribution in [1.29, 1.82) is 0 Å². The minimum absolute atomic E-state index is 0.182. The van der Waals surface area contributed by atoms with Crippen molar-refractivity contribution in [3.8, 4) is 5.75 Å². The Kier molecular flexibility index (Phi) is 4.97. The lowest BCUT2D eigenvalue weighted by Crippen LogP contribution is -2.27. The van der Waals surface area contributed by atoms with Crippen molar-refractivity contribution < 1.29 is 9.53 Å². The van der Waals surface area contributed by atoms with Crippen molar-refractivity contribution >= 4 is 34.6 Å². The smallest absolute Gasteiger partial charge is 0.274 e. The first-order valence-corrected chi connectivity index (χ1v) is 9.81. The van der Waals surface area contributed by atoms with Crippen molar-refractivity contribution in [2.24, 2.45) is 5.10 Å². The van der Waals surface area contributed by atoms with Crippen molar-refractivity contribution in [2.45, 2.75) is 12.5 Å². The molecule has 2 heterocycles. The fourth-order valence-electron chi connectivity index (χ4n) is 3.24. The van der Waals surface area contributed by atoms with Crippen LogP contribution in [0.5, 0.6) is 5.75 Å². The van der Waals surface area contributed by atoms with E-state index in [0.29, 0.717) is 17.0 Å². The maximum Gasteiger partial charge on any atom is 0.274 e. The third-order valence-corrected chi connectivity index (χ3v) is 5.46. The number of carbonyl (C=O) groups excluding carboxylic acids is 1. The lowest BCUT2D eigenvalue weighted by Gasteiger charge is -2.23. The summed E-state index contributed by atoms with van der Waals surface area (Å²) in [5.41, 5.74) is 3.38. The molecular formula is C21H17ClN2O2S. The fraction of sp³-hybridized carbons (Fsp3) is 0.143. The van der Waals surface area contributed by atoms with Gasteiger partial charge in [-0.15, -0.1) is 0 Å². The Morgan fingerprint density at radius 1 is 1.22 bits per heavy atom. The van der Waals surface area contributed by atoms with Crippen molar-refractivity contribution in [2.75, 3.05) is 7.11 Å². The van der Waals surface area contributed by atoms with E-state index in [1.165, 1.54) is 0 Å². The lowest BCUT2D eigenvalue weighted by atomic mass is 9.98. The van der Waals surface area contributed by atoms with E-state index in [1.807, 2.05) is 41.1 Å². The number of nitrogens with zero attached hydrogens (tertiary/aromatic N) is 2. The van der Waals surface area contributed by atoms with E-state index < -0.39 is 0 Å². The highest BCUT2D eigenvalue weighted by Crippen LogP contribution is 2.38. The zero-order chi connectivity index (χ0) is 18.8. The number of halogens is 1. The minimum atomic E-state index is -0.234. The fourth-order valence-corrected chi connectivity index (χ4v) is 4.09. The predicted molar refractivity (Wildman–Crippen MR) is 109 cm³/mol. The van der Waals surface area contributed by atoms with Crippen LogP contribution in [0.15, 0.2) is 70.5 Å². The van der Waals surface area contributed by atoms with Gasteiger partial charge in [-0.25, -0.2) is 5.01 Å². The first-order chi connectivity index (χ1) is 13.2. The molecule has 0 radical (unpaired) electrons. The van der Waals surface area contributed by atoms with Crippen molar-refractivity contribution in [3.63, 3.8) is 0 Å². The van der Waals surface area contributed by atoms with Gasteiger partial charge in [0.15, 0.2) is 0 Å². The van der Waals surface area contributed by atoms with Crippen LogP contribution in [0.1, 0.15) is 33.9 Å². The second-order valence-electron chi connectivity index (χ2n) is 6.18. The molecule has 4 rings (SSSR count). The molecule has 136 valence electrons. The van der Waals surface area contributed by atoms with Gasteiger partial charge in [0.2, 0.25) is 0 Å². The average molecular weight is 397 g/mol. The molecule has 0 saturated heterocycles. The summed E-state index contributed by atoms with van der Waals surface area (Å²) in [7, 11) is 1.64. The van der Waals surface area contributed by atoms with E-state index in [2.05, 4.69) is 5.10 Å². The molecule has 3 aromatic rings. The van der Waals surface area contributed by atoms with Gasteiger partial charge in [-0.2, -0.15) is 16.4 Å². The Morgan fingerprint density at radius 2 is 2.07 bits per heavy atom. The molecule has 0 aliphatic carbocycles. The van der Waals surface area contributed by atoms with Crippen LogP contribution in [0.2, 0.25) is 5.02 Å². The molecule has 27 heavy (non-hydrogen) atoms. The zero-order valence-corrected chi connectivity index (χ0v) is 16.2. The molecule has 0 spiro atoms. The summed E-state index contributed by atoms with van der Waals surface area (Å²) >= 11 is 7.69. The van der Waals surface area contributed by atoms with Gasteiger partial charge in [0, 0.05) is 28.1 Å². The van der Waals surface area contributed by atoms with E-state index >= 15 is 0 Å². The summed E-state index contributed by atoms with van der Waals surface area (Å²) in [6.07, 6.45) is 0.628. The van der Waals surface area contributed by atoms with Crippen molar-refractivity contribution in [3.05, 3.63) is 87.1 Å². The standard InChI is InChI=1S/C21H17ClN2O2S/c1-26-20-8-3-2-7-17(20)19-12-18(15-9-10-27-13-15)23-24(19)21(25)14-5-4-6-16(22)11-14/h2-11,13,19H,12H2,1H3. The van der Waals surface area contributed by atoms with Gasteiger partial charge in [-0.1, -0.05) is 35.9 Å². The summed E-state index contributed by atoms with van der Waals surface area (Å²) in [6.45, 7) is 0. The zero-order valence-electron chi connectivity index (χ0n) is 14.6. The third kappa shape index (κ3) is 3.48. The van der Waals surface area contributed by atoms with Crippen LogP contribution in [-0.4, -0.2) is 23.7 Å².